The van der Waals surface area contributed by atoms with Crippen LogP contribution in [0.1, 0.15) is 26.2 Å². The van der Waals surface area contributed by atoms with Crippen molar-refractivity contribution in [2.75, 3.05) is 13.7 Å². The molecule has 1 aliphatic rings. The van der Waals surface area contributed by atoms with Gasteiger partial charge in [-0.2, -0.15) is 0 Å². The quantitative estimate of drug-likeness (QED) is 0.923. The van der Waals surface area contributed by atoms with E-state index in [1.165, 1.54) is 6.42 Å². The van der Waals surface area contributed by atoms with E-state index in [4.69, 9.17) is 10.5 Å². The van der Waals surface area contributed by atoms with Gasteiger partial charge in [-0.05, 0) is 43.4 Å². The normalized spacial score (nSPS) is 28.9. The Morgan fingerprint density at radius 1 is 1.37 bits per heavy atom. The standard InChI is InChI=1S/C15H23NO2S/c1-11-7-8-12(10-16)15(9-11)19(17)14-6-4-3-5-13(14)18-2/h3-6,11-12,15H,7-10,16H2,1-2H3. The van der Waals surface area contributed by atoms with Gasteiger partial charge in [0.15, 0.2) is 0 Å². The second-order valence-electron chi connectivity index (χ2n) is 5.40. The predicted octanol–water partition coefficient (Wildman–Crippen LogP) is 2.57. The molecule has 0 heterocycles. The summed E-state index contributed by atoms with van der Waals surface area (Å²) in [5, 5.41) is 0.157. The summed E-state index contributed by atoms with van der Waals surface area (Å²) >= 11 is 0. The third kappa shape index (κ3) is 3.18. The number of hydrogen-bond donors (Lipinski definition) is 1. The number of rotatable bonds is 4. The highest BCUT2D eigenvalue weighted by atomic mass is 32.2. The van der Waals surface area contributed by atoms with Crippen molar-refractivity contribution in [2.45, 2.75) is 36.3 Å². The molecule has 0 amide bonds. The molecule has 0 aromatic heterocycles. The van der Waals surface area contributed by atoms with E-state index in [0.717, 1.165) is 23.5 Å². The van der Waals surface area contributed by atoms with Gasteiger partial charge in [-0.3, -0.25) is 4.21 Å². The molecule has 1 fully saturated rings. The Morgan fingerprint density at radius 2 is 2.11 bits per heavy atom. The minimum atomic E-state index is -1.04. The summed E-state index contributed by atoms with van der Waals surface area (Å²) in [5.41, 5.74) is 5.86. The molecular formula is C15H23NO2S. The number of hydrogen-bond acceptors (Lipinski definition) is 3. The molecule has 0 bridgehead atoms. The first-order valence-electron chi connectivity index (χ1n) is 6.91. The van der Waals surface area contributed by atoms with Crippen molar-refractivity contribution < 1.29 is 8.95 Å². The van der Waals surface area contributed by atoms with Gasteiger partial charge in [0.25, 0.3) is 0 Å². The Kier molecular flexibility index (Phi) is 4.99. The minimum absolute atomic E-state index is 0.157. The lowest BCUT2D eigenvalue weighted by Crippen LogP contribution is -2.36. The Balaban J connectivity index is 2.26. The molecule has 1 aliphatic carbocycles. The molecule has 1 saturated carbocycles. The van der Waals surface area contributed by atoms with Gasteiger partial charge < -0.3 is 10.5 Å². The fourth-order valence-corrected chi connectivity index (χ4v) is 4.86. The van der Waals surface area contributed by atoms with Gasteiger partial charge in [-0.25, -0.2) is 0 Å². The molecule has 3 nitrogen and oxygen atoms in total. The van der Waals surface area contributed by atoms with E-state index in [1.54, 1.807) is 7.11 Å². The monoisotopic (exact) mass is 281 g/mol. The van der Waals surface area contributed by atoms with Gasteiger partial charge in [0.05, 0.1) is 22.8 Å². The van der Waals surface area contributed by atoms with Crippen LogP contribution in [0.3, 0.4) is 0 Å². The largest absolute Gasteiger partial charge is 0.495 e. The summed E-state index contributed by atoms with van der Waals surface area (Å²) < 4.78 is 18.2. The maximum absolute atomic E-state index is 12.9. The molecule has 2 rings (SSSR count). The van der Waals surface area contributed by atoms with Crippen LogP contribution in [-0.2, 0) is 10.8 Å². The second-order valence-corrected chi connectivity index (χ2v) is 7.04. The molecule has 4 unspecified atom stereocenters. The van der Waals surface area contributed by atoms with Crippen molar-refractivity contribution in [2.24, 2.45) is 17.6 Å². The van der Waals surface area contributed by atoms with Crippen molar-refractivity contribution in [1.29, 1.82) is 0 Å². The van der Waals surface area contributed by atoms with Crippen LogP contribution in [-0.4, -0.2) is 23.1 Å². The maximum Gasteiger partial charge on any atom is 0.134 e. The molecule has 1 aromatic rings. The van der Waals surface area contributed by atoms with Gasteiger partial charge in [-0.1, -0.05) is 25.5 Å². The van der Waals surface area contributed by atoms with Crippen LogP contribution in [0.25, 0.3) is 0 Å². The van der Waals surface area contributed by atoms with Crippen molar-refractivity contribution in [3.63, 3.8) is 0 Å². The van der Waals surface area contributed by atoms with Crippen LogP contribution in [0.2, 0.25) is 0 Å². The van der Waals surface area contributed by atoms with Crippen LogP contribution in [0.4, 0.5) is 0 Å². The first-order chi connectivity index (χ1) is 9.17. The summed E-state index contributed by atoms with van der Waals surface area (Å²) in [6.07, 6.45) is 3.28. The van der Waals surface area contributed by atoms with Crippen LogP contribution >= 0.6 is 0 Å². The molecule has 0 spiro atoms. The molecular weight excluding hydrogens is 258 g/mol. The summed E-state index contributed by atoms with van der Waals surface area (Å²) in [6.45, 7) is 2.86. The van der Waals surface area contributed by atoms with E-state index in [2.05, 4.69) is 6.92 Å². The first-order valence-corrected chi connectivity index (χ1v) is 8.12. The van der Waals surface area contributed by atoms with Crippen LogP contribution in [0.15, 0.2) is 29.2 Å². The summed E-state index contributed by atoms with van der Waals surface area (Å²) in [7, 11) is 0.588. The second kappa shape index (κ2) is 6.53. The number of benzene rings is 1. The van der Waals surface area contributed by atoms with Gasteiger partial charge in [0.1, 0.15) is 5.75 Å². The van der Waals surface area contributed by atoms with Gasteiger partial charge in [-0.15, -0.1) is 0 Å². The molecule has 2 N–H and O–H groups in total. The highest BCUT2D eigenvalue weighted by Crippen LogP contribution is 2.35. The van der Waals surface area contributed by atoms with E-state index in [1.807, 2.05) is 24.3 Å². The fraction of sp³-hybridized carbons (Fsp3) is 0.600. The lowest BCUT2D eigenvalue weighted by atomic mass is 9.82. The summed E-state index contributed by atoms with van der Waals surface area (Å²) in [4.78, 5) is 0.808. The number of nitrogens with two attached hydrogens (primary N) is 1. The predicted molar refractivity (Wildman–Crippen MR) is 78.7 cm³/mol. The fourth-order valence-electron chi connectivity index (χ4n) is 2.87. The van der Waals surface area contributed by atoms with Crippen LogP contribution in [0, 0.1) is 11.8 Å². The minimum Gasteiger partial charge on any atom is -0.495 e. The molecule has 106 valence electrons. The smallest absolute Gasteiger partial charge is 0.134 e. The molecule has 1 aromatic carbocycles. The SMILES string of the molecule is COc1ccccc1S(=O)C1CC(C)CCC1CN. The Labute approximate surface area is 118 Å². The van der Waals surface area contributed by atoms with E-state index in [0.29, 0.717) is 18.4 Å². The van der Waals surface area contributed by atoms with E-state index < -0.39 is 10.8 Å². The highest BCUT2D eigenvalue weighted by Gasteiger charge is 2.33. The van der Waals surface area contributed by atoms with Crippen molar-refractivity contribution in [1.82, 2.24) is 0 Å². The number of ether oxygens (including phenoxy) is 1. The molecule has 0 radical (unpaired) electrons. The first kappa shape index (κ1) is 14.5. The summed E-state index contributed by atoms with van der Waals surface area (Å²) in [6, 6.07) is 7.60. The van der Waals surface area contributed by atoms with Gasteiger partial charge >= 0.3 is 0 Å². The van der Waals surface area contributed by atoms with Gasteiger partial charge in [0.2, 0.25) is 0 Å². The number of para-hydroxylation sites is 1. The van der Waals surface area contributed by atoms with Crippen molar-refractivity contribution in [3.8, 4) is 5.75 Å². The zero-order valence-electron chi connectivity index (χ0n) is 11.7. The number of methoxy groups -OCH3 is 1. The highest BCUT2D eigenvalue weighted by molar-refractivity contribution is 7.85. The lowest BCUT2D eigenvalue weighted by Gasteiger charge is -2.33. The molecule has 4 atom stereocenters. The third-order valence-corrected chi connectivity index (χ3v) is 5.95. The molecule has 0 aliphatic heterocycles. The molecule has 0 saturated heterocycles. The lowest BCUT2D eigenvalue weighted by molar-refractivity contribution is 0.301. The molecule has 19 heavy (non-hydrogen) atoms. The summed E-state index contributed by atoms with van der Waals surface area (Å²) in [5.74, 6) is 1.71. The van der Waals surface area contributed by atoms with Crippen molar-refractivity contribution >= 4 is 10.8 Å². The van der Waals surface area contributed by atoms with Crippen LogP contribution in [0.5, 0.6) is 5.75 Å². The van der Waals surface area contributed by atoms with Gasteiger partial charge in [0, 0.05) is 5.25 Å². The zero-order chi connectivity index (χ0) is 13.8. The van der Waals surface area contributed by atoms with Crippen molar-refractivity contribution in [3.05, 3.63) is 24.3 Å². The zero-order valence-corrected chi connectivity index (χ0v) is 12.5. The van der Waals surface area contributed by atoms with E-state index >= 15 is 0 Å². The topological polar surface area (TPSA) is 52.3 Å². The Bertz CT molecular complexity index is 450. The average molecular weight is 281 g/mol. The van der Waals surface area contributed by atoms with E-state index in [-0.39, 0.29) is 5.25 Å². The molecule has 4 heteroatoms. The Morgan fingerprint density at radius 3 is 2.79 bits per heavy atom. The average Bonchev–Trinajstić information content (AvgIpc) is 2.46. The van der Waals surface area contributed by atoms with Crippen LogP contribution < -0.4 is 10.5 Å². The van der Waals surface area contributed by atoms with E-state index in [9.17, 15) is 4.21 Å². The third-order valence-electron chi connectivity index (χ3n) is 4.05. The Hall–Kier alpha value is -0.870. The maximum atomic E-state index is 12.9.